The van der Waals surface area contributed by atoms with Gasteiger partial charge in [0.2, 0.25) is 10.0 Å². The van der Waals surface area contributed by atoms with Crippen molar-refractivity contribution in [1.29, 1.82) is 0 Å². The fraction of sp³-hybridized carbons (Fsp3) is 0.267. The molecule has 0 unspecified atom stereocenters. The summed E-state index contributed by atoms with van der Waals surface area (Å²) in [5.74, 6) is 0. The molecule has 0 spiro atoms. The Balaban J connectivity index is 2.37. The van der Waals surface area contributed by atoms with Crippen LogP contribution in [-0.4, -0.2) is 19.9 Å². The molecule has 0 aliphatic rings. The Labute approximate surface area is 119 Å². The average Bonchev–Trinajstić information content (AvgIpc) is 2.38. The number of benzene rings is 1. The largest absolute Gasteiger partial charge is 0.258 e. The Morgan fingerprint density at radius 2 is 1.55 bits per heavy atom. The van der Waals surface area contributed by atoms with E-state index < -0.39 is 10.0 Å². The van der Waals surface area contributed by atoms with Gasteiger partial charge in [-0.25, -0.2) is 13.1 Å². The molecule has 0 saturated heterocycles. The monoisotopic (exact) mass is 290 g/mol. The van der Waals surface area contributed by atoms with Gasteiger partial charge >= 0.3 is 0 Å². The summed E-state index contributed by atoms with van der Waals surface area (Å²) in [4.78, 5) is 4.62. The highest BCUT2D eigenvalue weighted by atomic mass is 32.2. The van der Waals surface area contributed by atoms with E-state index in [9.17, 15) is 8.42 Å². The molecule has 0 atom stereocenters. The van der Waals surface area contributed by atoms with Crippen molar-refractivity contribution in [2.45, 2.75) is 25.7 Å². The molecule has 1 heterocycles. The molecule has 0 fully saturated rings. The number of nitrogens with zero attached hydrogens (tertiary/aromatic N) is 1. The van der Waals surface area contributed by atoms with Crippen molar-refractivity contribution in [3.63, 3.8) is 0 Å². The molecule has 1 N–H and O–H groups in total. The van der Waals surface area contributed by atoms with Crippen molar-refractivity contribution < 1.29 is 8.42 Å². The van der Waals surface area contributed by atoms with E-state index >= 15 is 0 Å². The molecule has 1 aromatic carbocycles. The minimum Gasteiger partial charge on any atom is -0.258 e. The average molecular weight is 290 g/mol. The summed E-state index contributed by atoms with van der Waals surface area (Å²) in [6, 6.07) is 10.9. The first-order valence-corrected chi connectivity index (χ1v) is 7.96. The molecule has 2 rings (SSSR count). The van der Waals surface area contributed by atoms with Gasteiger partial charge < -0.3 is 0 Å². The quantitative estimate of drug-likeness (QED) is 0.941. The van der Waals surface area contributed by atoms with Gasteiger partial charge in [0.25, 0.3) is 0 Å². The van der Waals surface area contributed by atoms with Gasteiger partial charge in [-0.3, -0.25) is 4.98 Å². The number of nitrogens with one attached hydrogen (secondary N) is 1. The van der Waals surface area contributed by atoms with Crippen LogP contribution in [0.1, 0.15) is 18.3 Å². The maximum absolute atomic E-state index is 11.9. The topological polar surface area (TPSA) is 59.1 Å². The van der Waals surface area contributed by atoms with E-state index in [4.69, 9.17) is 0 Å². The predicted octanol–water partition coefficient (Wildman–Crippen LogP) is 2.66. The zero-order valence-corrected chi connectivity index (χ0v) is 12.7. The van der Waals surface area contributed by atoms with Crippen LogP contribution in [0, 0.1) is 13.8 Å². The Morgan fingerprint density at radius 3 is 2.05 bits per heavy atom. The predicted molar refractivity (Wildman–Crippen MR) is 80.0 cm³/mol. The summed E-state index contributed by atoms with van der Waals surface area (Å²) in [7, 11) is -3.39. The summed E-state index contributed by atoms with van der Waals surface area (Å²) < 4.78 is 26.2. The van der Waals surface area contributed by atoms with Crippen molar-refractivity contribution in [3.05, 3.63) is 47.8 Å². The van der Waals surface area contributed by atoms with Crippen molar-refractivity contribution in [2.75, 3.05) is 6.54 Å². The third-order valence-electron chi connectivity index (χ3n) is 2.91. The summed E-state index contributed by atoms with van der Waals surface area (Å²) in [6.45, 7) is 6.03. The van der Waals surface area contributed by atoms with E-state index in [2.05, 4.69) is 9.71 Å². The number of aryl methyl sites for hydroxylation is 2. The first-order valence-electron chi connectivity index (χ1n) is 6.48. The van der Waals surface area contributed by atoms with Gasteiger partial charge in [0.05, 0.1) is 4.90 Å². The minimum absolute atomic E-state index is 0.283. The van der Waals surface area contributed by atoms with Gasteiger partial charge in [-0.1, -0.05) is 19.1 Å². The smallest absolute Gasteiger partial charge is 0.240 e. The molecular weight excluding hydrogens is 272 g/mol. The molecule has 2 aromatic rings. The van der Waals surface area contributed by atoms with Gasteiger partial charge in [0.1, 0.15) is 0 Å². The summed E-state index contributed by atoms with van der Waals surface area (Å²) >= 11 is 0. The van der Waals surface area contributed by atoms with Crippen LogP contribution in [0.4, 0.5) is 0 Å². The Bertz CT molecular complexity index is 687. The number of sulfonamides is 1. The van der Waals surface area contributed by atoms with Crippen molar-refractivity contribution in [1.82, 2.24) is 9.71 Å². The number of rotatable bonds is 4. The molecule has 4 nitrogen and oxygen atoms in total. The van der Waals surface area contributed by atoms with Gasteiger partial charge in [-0.2, -0.15) is 0 Å². The number of hydrogen-bond donors (Lipinski definition) is 1. The van der Waals surface area contributed by atoms with Crippen LogP contribution in [-0.2, 0) is 10.0 Å². The van der Waals surface area contributed by atoms with Gasteiger partial charge in [0, 0.05) is 17.9 Å². The van der Waals surface area contributed by atoms with Gasteiger partial charge in [0.15, 0.2) is 0 Å². The molecule has 5 heteroatoms. The molecule has 0 aliphatic carbocycles. The molecule has 20 heavy (non-hydrogen) atoms. The van der Waals surface area contributed by atoms with E-state index in [-0.39, 0.29) is 4.90 Å². The second-order valence-electron chi connectivity index (χ2n) is 4.66. The zero-order valence-electron chi connectivity index (χ0n) is 11.8. The molecule has 0 saturated carbocycles. The van der Waals surface area contributed by atoms with Gasteiger partial charge in [-0.15, -0.1) is 0 Å². The Hall–Kier alpha value is -1.72. The summed E-state index contributed by atoms with van der Waals surface area (Å²) in [5.41, 5.74) is 3.92. The lowest BCUT2D eigenvalue weighted by Crippen LogP contribution is -2.22. The SMILES string of the molecule is CCNS(=O)(=O)c1ccc(-c2cc(C)nc(C)c2)cc1. The summed E-state index contributed by atoms with van der Waals surface area (Å²) in [5, 5.41) is 0. The first kappa shape index (κ1) is 14.7. The molecule has 1 aromatic heterocycles. The van der Waals surface area contributed by atoms with E-state index in [1.54, 1.807) is 19.1 Å². The lowest BCUT2D eigenvalue weighted by Gasteiger charge is -2.07. The van der Waals surface area contributed by atoms with Crippen LogP contribution in [0.25, 0.3) is 11.1 Å². The van der Waals surface area contributed by atoms with Crippen molar-refractivity contribution in [3.8, 4) is 11.1 Å². The van der Waals surface area contributed by atoms with Crippen LogP contribution < -0.4 is 4.72 Å². The van der Waals surface area contributed by atoms with Crippen LogP contribution in [0.2, 0.25) is 0 Å². The van der Waals surface area contributed by atoms with E-state index in [0.29, 0.717) is 6.54 Å². The van der Waals surface area contributed by atoms with Crippen molar-refractivity contribution in [2.24, 2.45) is 0 Å². The summed E-state index contributed by atoms with van der Waals surface area (Å²) in [6.07, 6.45) is 0. The van der Waals surface area contributed by atoms with Gasteiger partial charge in [-0.05, 0) is 49.2 Å². The Morgan fingerprint density at radius 1 is 1.00 bits per heavy atom. The number of pyridine rings is 1. The third-order valence-corrected chi connectivity index (χ3v) is 4.48. The lowest BCUT2D eigenvalue weighted by atomic mass is 10.1. The molecule has 106 valence electrons. The highest BCUT2D eigenvalue weighted by Crippen LogP contribution is 2.22. The highest BCUT2D eigenvalue weighted by molar-refractivity contribution is 7.89. The maximum atomic E-state index is 11.9. The molecule has 0 bridgehead atoms. The second-order valence-corrected chi connectivity index (χ2v) is 6.43. The van der Waals surface area contributed by atoms with E-state index in [0.717, 1.165) is 22.5 Å². The lowest BCUT2D eigenvalue weighted by molar-refractivity contribution is 0.584. The van der Waals surface area contributed by atoms with Crippen LogP contribution in [0.3, 0.4) is 0 Å². The fourth-order valence-electron chi connectivity index (χ4n) is 2.10. The molecule has 0 radical (unpaired) electrons. The number of aromatic nitrogens is 1. The fourth-order valence-corrected chi connectivity index (χ4v) is 3.14. The van der Waals surface area contributed by atoms with E-state index in [1.165, 1.54) is 0 Å². The van der Waals surface area contributed by atoms with Crippen molar-refractivity contribution >= 4 is 10.0 Å². The minimum atomic E-state index is -3.39. The molecule has 0 aliphatic heterocycles. The van der Waals surface area contributed by atoms with Crippen LogP contribution >= 0.6 is 0 Å². The standard InChI is InChI=1S/C15H18N2O2S/c1-4-16-20(18,19)15-7-5-13(6-8-15)14-9-11(2)17-12(3)10-14/h5-10,16H,4H2,1-3H3. The first-order chi connectivity index (χ1) is 9.42. The normalized spacial score (nSPS) is 11.6. The molecular formula is C15H18N2O2S. The highest BCUT2D eigenvalue weighted by Gasteiger charge is 2.12. The zero-order chi connectivity index (χ0) is 14.8. The Kier molecular flexibility index (Phi) is 4.20. The van der Waals surface area contributed by atoms with Crippen LogP contribution in [0.5, 0.6) is 0 Å². The molecule has 0 amide bonds. The third kappa shape index (κ3) is 3.23. The number of hydrogen-bond acceptors (Lipinski definition) is 3. The maximum Gasteiger partial charge on any atom is 0.240 e. The second kappa shape index (κ2) is 5.73. The van der Waals surface area contributed by atoms with E-state index in [1.807, 2.05) is 38.1 Å². The van der Waals surface area contributed by atoms with Crippen LogP contribution in [0.15, 0.2) is 41.3 Å².